The van der Waals surface area contributed by atoms with Gasteiger partial charge in [0.05, 0.1) is 16.7 Å². The summed E-state index contributed by atoms with van der Waals surface area (Å²) in [5.74, 6) is 0. The molecule has 8 aromatic rings. The maximum Gasteiger partial charge on any atom is 0.153 e. The molecular weight excluding hydrogens is 464 g/mol. The minimum Gasteiger partial charge on any atom is -0.454 e. The third-order valence-corrected chi connectivity index (χ3v) is 7.46. The van der Waals surface area contributed by atoms with Crippen LogP contribution in [0, 0.1) is 0 Å². The zero-order chi connectivity index (χ0) is 25.1. The summed E-state index contributed by atoms with van der Waals surface area (Å²) >= 11 is 0. The van der Waals surface area contributed by atoms with E-state index < -0.39 is 0 Å². The zero-order valence-electron chi connectivity index (χ0n) is 20.5. The summed E-state index contributed by atoms with van der Waals surface area (Å²) in [6.07, 6.45) is 1.82. The van der Waals surface area contributed by atoms with Crippen molar-refractivity contribution in [2.75, 3.05) is 0 Å². The quantitative estimate of drug-likeness (QED) is 0.249. The van der Waals surface area contributed by atoms with Crippen LogP contribution >= 0.6 is 0 Å². The number of para-hydroxylation sites is 4. The van der Waals surface area contributed by atoms with E-state index in [1.165, 1.54) is 27.4 Å². The summed E-state index contributed by atoms with van der Waals surface area (Å²) in [5, 5.41) is 3.56. The summed E-state index contributed by atoms with van der Waals surface area (Å²) in [5.41, 5.74) is 10.7. The highest BCUT2D eigenvalue weighted by atomic mass is 16.3. The summed E-state index contributed by atoms with van der Waals surface area (Å²) in [6.45, 7) is 0. The van der Waals surface area contributed by atoms with Crippen LogP contribution < -0.4 is 0 Å². The smallest absolute Gasteiger partial charge is 0.153 e. The molecule has 3 nitrogen and oxygen atoms in total. The zero-order valence-corrected chi connectivity index (χ0v) is 20.5. The van der Waals surface area contributed by atoms with Crippen molar-refractivity contribution in [3.8, 4) is 27.9 Å². The normalized spacial score (nSPS) is 11.7. The first kappa shape index (κ1) is 21.0. The largest absolute Gasteiger partial charge is 0.454 e. The first-order valence-electron chi connectivity index (χ1n) is 12.8. The minimum atomic E-state index is 0.808. The number of rotatable bonds is 3. The SMILES string of the molecule is c1cc(-c2ccccc2-n2c3ccccc3c3ccccc32)cc(-c2cccc3c2oc2cccnc23)c1. The Hall–Kier alpha value is -5.15. The molecule has 5 aromatic carbocycles. The monoisotopic (exact) mass is 486 g/mol. The van der Waals surface area contributed by atoms with Crippen molar-refractivity contribution in [3.63, 3.8) is 0 Å². The van der Waals surface area contributed by atoms with Gasteiger partial charge in [-0.1, -0.05) is 84.9 Å². The van der Waals surface area contributed by atoms with E-state index in [4.69, 9.17) is 4.42 Å². The lowest BCUT2D eigenvalue weighted by Gasteiger charge is -2.15. The topological polar surface area (TPSA) is 31.0 Å². The number of aromatic nitrogens is 2. The third-order valence-electron chi connectivity index (χ3n) is 7.46. The molecule has 0 aliphatic heterocycles. The average Bonchev–Trinajstić information content (AvgIpc) is 3.53. The van der Waals surface area contributed by atoms with Crippen LogP contribution in [0.4, 0.5) is 0 Å². The molecule has 0 atom stereocenters. The summed E-state index contributed by atoms with van der Waals surface area (Å²) < 4.78 is 8.68. The Morgan fingerprint density at radius 1 is 0.526 bits per heavy atom. The van der Waals surface area contributed by atoms with Gasteiger partial charge in [-0.25, -0.2) is 0 Å². The molecule has 0 saturated heterocycles. The summed E-state index contributed by atoms with van der Waals surface area (Å²) in [4.78, 5) is 4.56. The predicted molar refractivity (Wildman–Crippen MR) is 157 cm³/mol. The molecule has 0 amide bonds. The van der Waals surface area contributed by atoms with Crippen LogP contribution in [0.5, 0.6) is 0 Å². The van der Waals surface area contributed by atoms with Crippen LogP contribution in [0.1, 0.15) is 0 Å². The Morgan fingerprint density at radius 2 is 1.16 bits per heavy atom. The Balaban J connectivity index is 1.35. The molecule has 0 radical (unpaired) electrons. The van der Waals surface area contributed by atoms with Gasteiger partial charge in [-0.2, -0.15) is 0 Å². The van der Waals surface area contributed by atoms with Crippen LogP contribution in [0.15, 0.2) is 138 Å². The van der Waals surface area contributed by atoms with Crippen LogP contribution in [0.2, 0.25) is 0 Å². The lowest BCUT2D eigenvalue weighted by molar-refractivity contribution is 0.669. The van der Waals surface area contributed by atoms with Crippen molar-refractivity contribution >= 4 is 43.9 Å². The van der Waals surface area contributed by atoms with E-state index in [0.717, 1.165) is 44.4 Å². The van der Waals surface area contributed by atoms with Crippen LogP contribution in [-0.2, 0) is 0 Å². The van der Waals surface area contributed by atoms with Crippen molar-refractivity contribution in [1.29, 1.82) is 0 Å². The highest BCUT2D eigenvalue weighted by Crippen LogP contribution is 2.39. The van der Waals surface area contributed by atoms with Crippen LogP contribution in [0.3, 0.4) is 0 Å². The molecule has 0 saturated carbocycles. The second-order valence-electron chi connectivity index (χ2n) is 9.60. The second-order valence-corrected chi connectivity index (χ2v) is 9.60. The predicted octanol–water partition coefficient (Wildman–Crippen LogP) is 9.41. The Morgan fingerprint density at radius 3 is 1.97 bits per heavy atom. The molecule has 0 spiro atoms. The minimum absolute atomic E-state index is 0.808. The van der Waals surface area contributed by atoms with Gasteiger partial charge in [0.1, 0.15) is 11.1 Å². The highest BCUT2D eigenvalue weighted by molar-refractivity contribution is 6.10. The van der Waals surface area contributed by atoms with Crippen LogP contribution in [0.25, 0.3) is 71.8 Å². The molecule has 3 heteroatoms. The van der Waals surface area contributed by atoms with E-state index in [1.807, 2.05) is 18.3 Å². The van der Waals surface area contributed by atoms with Gasteiger partial charge in [0.25, 0.3) is 0 Å². The maximum absolute atomic E-state index is 6.30. The fourth-order valence-electron chi connectivity index (χ4n) is 5.79. The molecule has 38 heavy (non-hydrogen) atoms. The molecule has 3 aromatic heterocycles. The van der Waals surface area contributed by atoms with Gasteiger partial charge in [0.2, 0.25) is 0 Å². The van der Waals surface area contributed by atoms with E-state index >= 15 is 0 Å². The van der Waals surface area contributed by atoms with Gasteiger partial charge in [0, 0.05) is 33.5 Å². The molecule has 8 rings (SSSR count). The number of pyridine rings is 1. The van der Waals surface area contributed by atoms with E-state index in [-0.39, 0.29) is 0 Å². The van der Waals surface area contributed by atoms with Crippen LogP contribution in [-0.4, -0.2) is 9.55 Å². The van der Waals surface area contributed by atoms with Gasteiger partial charge < -0.3 is 8.98 Å². The summed E-state index contributed by atoms with van der Waals surface area (Å²) in [7, 11) is 0. The number of hydrogen-bond acceptors (Lipinski definition) is 2. The maximum atomic E-state index is 6.30. The van der Waals surface area contributed by atoms with E-state index in [9.17, 15) is 0 Å². The molecule has 178 valence electrons. The fourth-order valence-corrected chi connectivity index (χ4v) is 5.79. The number of hydrogen-bond donors (Lipinski definition) is 0. The third kappa shape index (κ3) is 3.06. The molecular formula is C35H22N2O. The van der Waals surface area contributed by atoms with Gasteiger partial charge >= 0.3 is 0 Å². The lowest BCUT2D eigenvalue weighted by atomic mass is 9.97. The van der Waals surface area contributed by atoms with E-state index in [2.05, 4.69) is 125 Å². The van der Waals surface area contributed by atoms with Crippen molar-refractivity contribution < 1.29 is 4.42 Å². The van der Waals surface area contributed by atoms with Gasteiger partial charge in [-0.05, 0) is 53.6 Å². The van der Waals surface area contributed by atoms with Crippen molar-refractivity contribution in [1.82, 2.24) is 9.55 Å². The first-order valence-corrected chi connectivity index (χ1v) is 12.8. The number of fused-ring (bicyclic) bond motifs is 6. The number of benzene rings is 5. The average molecular weight is 487 g/mol. The summed E-state index contributed by atoms with van der Waals surface area (Å²) in [6, 6.07) is 44.9. The second kappa shape index (κ2) is 8.19. The van der Waals surface area contributed by atoms with E-state index in [0.29, 0.717) is 0 Å². The fraction of sp³-hybridized carbons (Fsp3) is 0. The Kier molecular flexibility index (Phi) is 4.52. The van der Waals surface area contributed by atoms with Gasteiger partial charge in [-0.15, -0.1) is 0 Å². The van der Waals surface area contributed by atoms with Crippen molar-refractivity contribution in [3.05, 3.63) is 134 Å². The molecule has 0 N–H and O–H groups in total. The molecule has 3 heterocycles. The first-order chi connectivity index (χ1) is 18.9. The number of nitrogens with zero attached hydrogens (tertiary/aromatic N) is 2. The molecule has 0 bridgehead atoms. The lowest BCUT2D eigenvalue weighted by Crippen LogP contribution is -1.97. The highest BCUT2D eigenvalue weighted by Gasteiger charge is 2.16. The Bertz CT molecular complexity index is 2090. The van der Waals surface area contributed by atoms with Gasteiger partial charge in [0.15, 0.2) is 5.58 Å². The Labute approximate surface area is 219 Å². The van der Waals surface area contributed by atoms with E-state index in [1.54, 1.807) is 0 Å². The molecule has 0 aliphatic rings. The van der Waals surface area contributed by atoms with Crippen molar-refractivity contribution in [2.45, 2.75) is 0 Å². The molecule has 0 unspecified atom stereocenters. The molecule has 0 aliphatic carbocycles. The standard InChI is InChI=1S/C35H22N2O/c1-4-17-30(37-31-18-5-2-13-27(31)28-14-3-6-19-32(28)37)25(12-1)23-10-7-11-24(22-23)26-15-8-16-29-34-33(38-35(26)29)20-9-21-36-34/h1-22H. The number of furan rings is 1. The molecule has 0 fully saturated rings. The van der Waals surface area contributed by atoms with Gasteiger partial charge in [-0.3, -0.25) is 4.98 Å². The van der Waals surface area contributed by atoms with Crippen molar-refractivity contribution in [2.24, 2.45) is 0 Å².